The molecule has 0 spiro atoms. The lowest BCUT2D eigenvalue weighted by atomic mass is 10.0. The summed E-state index contributed by atoms with van der Waals surface area (Å²) >= 11 is 0. The van der Waals surface area contributed by atoms with E-state index in [2.05, 4.69) is 11.9 Å². The maximum Gasteiger partial charge on any atom is 0.201 e. The number of imidazole rings is 1. The maximum absolute atomic E-state index is 13.5. The fraction of sp³-hybridized carbons (Fsp3) is 0.500. The quantitative estimate of drug-likeness (QED) is 0.904. The average Bonchev–Trinajstić information content (AvgIpc) is 3.05. The van der Waals surface area contributed by atoms with Crippen LogP contribution in [0.5, 0.6) is 0 Å². The number of aryl methyl sites for hydroxylation is 1. The van der Waals surface area contributed by atoms with Gasteiger partial charge in [-0.1, -0.05) is 6.92 Å². The Morgan fingerprint density at radius 2 is 2.17 bits per heavy atom. The first-order valence-corrected chi connectivity index (χ1v) is 6.46. The molecule has 0 atom stereocenters. The van der Waals surface area contributed by atoms with Gasteiger partial charge in [-0.05, 0) is 43.2 Å². The SMILES string of the molecule is CCC1(Cn2c(N)nc3cc(F)c(C)cc32)CC1. The van der Waals surface area contributed by atoms with Crippen LogP contribution in [0.1, 0.15) is 31.7 Å². The van der Waals surface area contributed by atoms with Gasteiger partial charge in [0.15, 0.2) is 0 Å². The summed E-state index contributed by atoms with van der Waals surface area (Å²) in [4.78, 5) is 4.26. The van der Waals surface area contributed by atoms with Crippen molar-refractivity contribution in [3.8, 4) is 0 Å². The monoisotopic (exact) mass is 247 g/mol. The molecule has 1 aliphatic carbocycles. The second kappa shape index (κ2) is 3.70. The van der Waals surface area contributed by atoms with Crippen LogP contribution in [0.4, 0.5) is 10.3 Å². The van der Waals surface area contributed by atoms with Gasteiger partial charge in [0, 0.05) is 12.6 Å². The summed E-state index contributed by atoms with van der Waals surface area (Å²) in [6, 6.07) is 3.32. The fourth-order valence-corrected chi connectivity index (χ4v) is 2.57. The molecule has 3 nitrogen and oxygen atoms in total. The van der Waals surface area contributed by atoms with Gasteiger partial charge in [-0.25, -0.2) is 9.37 Å². The van der Waals surface area contributed by atoms with Crippen LogP contribution >= 0.6 is 0 Å². The van der Waals surface area contributed by atoms with E-state index < -0.39 is 0 Å². The lowest BCUT2D eigenvalue weighted by Crippen LogP contribution is -2.13. The summed E-state index contributed by atoms with van der Waals surface area (Å²) < 4.78 is 15.6. The van der Waals surface area contributed by atoms with Gasteiger partial charge < -0.3 is 10.3 Å². The van der Waals surface area contributed by atoms with E-state index in [9.17, 15) is 4.39 Å². The number of nitrogens with two attached hydrogens (primary N) is 1. The van der Waals surface area contributed by atoms with Gasteiger partial charge in [-0.15, -0.1) is 0 Å². The summed E-state index contributed by atoms with van der Waals surface area (Å²) in [7, 11) is 0. The first kappa shape index (κ1) is 11.5. The van der Waals surface area contributed by atoms with Crippen molar-refractivity contribution < 1.29 is 4.39 Å². The van der Waals surface area contributed by atoms with Gasteiger partial charge in [0.25, 0.3) is 0 Å². The van der Waals surface area contributed by atoms with Crippen molar-refractivity contribution in [2.45, 2.75) is 39.7 Å². The highest BCUT2D eigenvalue weighted by atomic mass is 19.1. The second-order valence-corrected chi connectivity index (χ2v) is 5.50. The molecule has 1 aliphatic rings. The first-order valence-electron chi connectivity index (χ1n) is 6.46. The van der Waals surface area contributed by atoms with Crippen LogP contribution in [0.2, 0.25) is 0 Å². The molecule has 0 saturated heterocycles. The van der Waals surface area contributed by atoms with Crippen LogP contribution in [-0.4, -0.2) is 9.55 Å². The number of rotatable bonds is 3. The van der Waals surface area contributed by atoms with E-state index in [1.807, 2.05) is 10.6 Å². The molecule has 4 heteroatoms. The Morgan fingerprint density at radius 3 is 2.78 bits per heavy atom. The van der Waals surface area contributed by atoms with Gasteiger partial charge in [-0.3, -0.25) is 0 Å². The minimum absolute atomic E-state index is 0.219. The molecule has 0 radical (unpaired) electrons. The van der Waals surface area contributed by atoms with E-state index in [0.717, 1.165) is 18.5 Å². The van der Waals surface area contributed by atoms with Gasteiger partial charge in [0.1, 0.15) is 5.82 Å². The van der Waals surface area contributed by atoms with Crippen molar-refractivity contribution in [1.82, 2.24) is 9.55 Å². The molecule has 0 amide bonds. The number of fused-ring (bicyclic) bond motifs is 1. The standard InChI is InChI=1S/C14H18FN3/c1-3-14(4-5-14)8-18-12-6-9(2)10(15)7-11(12)17-13(18)16/h6-7H,3-5,8H2,1-2H3,(H2,16,17). The van der Waals surface area contributed by atoms with Crippen molar-refractivity contribution in [2.75, 3.05) is 5.73 Å². The second-order valence-electron chi connectivity index (χ2n) is 5.50. The molecule has 1 saturated carbocycles. The minimum atomic E-state index is -0.219. The van der Waals surface area contributed by atoms with Crippen LogP contribution < -0.4 is 5.73 Å². The molecule has 96 valence electrons. The Morgan fingerprint density at radius 1 is 1.44 bits per heavy atom. The number of hydrogen-bond acceptors (Lipinski definition) is 2. The number of anilines is 1. The molecule has 0 bridgehead atoms. The van der Waals surface area contributed by atoms with E-state index in [4.69, 9.17) is 5.73 Å². The van der Waals surface area contributed by atoms with Crippen LogP contribution in [0.15, 0.2) is 12.1 Å². The molecule has 1 fully saturated rings. The summed E-state index contributed by atoms with van der Waals surface area (Å²) in [6.45, 7) is 4.89. The molecular weight excluding hydrogens is 229 g/mol. The van der Waals surface area contributed by atoms with Crippen LogP contribution in [-0.2, 0) is 6.54 Å². The predicted molar refractivity (Wildman–Crippen MR) is 70.8 cm³/mol. The molecular formula is C14H18FN3. The van der Waals surface area contributed by atoms with E-state index >= 15 is 0 Å². The molecule has 18 heavy (non-hydrogen) atoms. The third-order valence-corrected chi connectivity index (χ3v) is 4.26. The number of benzene rings is 1. The van der Waals surface area contributed by atoms with Crippen molar-refractivity contribution >= 4 is 17.0 Å². The van der Waals surface area contributed by atoms with Gasteiger partial charge >= 0.3 is 0 Å². The highest BCUT2D eigenvalue weighted by molar-refractivity contribution is 5.79. The van der Waals surface area contributed by atoms with E-state index in [-0.39, 0.29) is 5.82 Å². The number of halogens is 1. The highest BCUT2D eigenvalue weighted by Gasteiger charge is 2.41. The fourth-order valence-electron chi connectivity index (χ4n) is 2.57. The van der Waals surface area contributed by atoms with Gasteiger partial charge in [-0.2, -0.15) is 0 Å². The molecule has 2 aromatic rings. The number of hydrogen-bond donors (Lipinski definition) is 1. The molecule has 0 aliphatic heterocycles. The summed E-state index contributed by atoms with van der Waals surface area (Å²) in [5.41, 5.74) is 8.61. The lowest BCUT2D eigenvalue weighted by Gasteiger charge is -2.15. The van der Waals surface area contributed by atoms with Crippen LogP contribution in [0.25, 0.3) is 11.0 Å². The Kier molecular flexibility index (Phi) is 2.37. The Bertz CT molecular complexity index is 611. The Balaban J connectivity index is 2.10. The Hall–Kier alpha value is -1.58. The predicted octanol–water partition coefficient (Wildman–Crippen LogP) is 3.26. The highest BCUT2D eigenvalue weighted by Crippen LogP contribution is 2.50. The molecule has 1 aromatic heterocycles. The van der Waals surface area contributed by atoms with Crippen molar-refractivity contribution in [3.05, 3.63) is 23.5 Å². The molecule has 2 N–H and O–H groups in total. The molecule has 0 unspecified atom stereocenters. The third kappa shape index (κ3) is 1.67. The average molecular weight is 247 g/mol. The zero-order chi connectivity index (χ0) is 12.9. The lowest BCUT2D eigenvalue weighted by molar-refractivity contribution is 0.418. The molecule has 3 rings (SSSR count). The summed E-state index contributed by atoms with van der Waals surface area (Å²) in [5, 5.41) is 0. The Labute approximate surface area is 106 Å². The van der Waals surface area contributed by atoms with Crippen LogP contribution in [0.3, 0.4) is 0 Å². The smallest absolute Gasteiger partial charge is 0.201 e. The molecule has 1 heterocycles. The van der Waals surface area contributed by atoms with E-state index in [1.54, 1.807) is 6.92 Å². The van der Waals surface area contributed by atoms with Gasteiger partial charge in [0.2, 0.25) is 5.95 Å². The number of aromatic nitrogens is 2. The normalized spacial score (nSPS) is 17.3. The minimum Gasteiger partial charge on any atom is -0.369 e. The largest absolute Gasteiger partial charge is 0.369 e. The van der Waals surface area contributed by atoms with Crippen molar-refractivity contribution in [3.63, 3.8) is 0 Å². The van der Waals surface area contributed by atoms with E-state index in [0.29, 0.717) is 22.4 Å². The number of nitrogen functional groups attached to an aromatic ring is 1. The van der Waals surface area contributed by atoms with Gasteiger partial charge in [0.05, 0.1) is 11.0 Å². The first-order chi connectivity index (χ1) is 8.54. The zero-order valence-electron chi connectivity index (χ0n) is 10.8. The van der Waals surface area contributed by atoms with Crippen molar-refractivity contribution in [1.29, 1.82) is 0 Å². The topological polar surface area (TPSA) is 43.8 Å². The summed E-state index contributed by atoms with van der Waals surface area (Å²) in [5.74, 6) is 0.276. The van der Waals surface area contributed by atoms with Crippen LogP contribution in [0, 0.1) is 18.2 Å². The zero-order valence-corrected chi connectivity index (χ0v) is 10.8. The molecule has 1 aromatic carbocycles. The summed E-state index contributed by atoms with van der Waals surface area (Å²) in [6.07, 6.45) is 3.66. The van der Waals surface area contributed by atoms with E-state index in [1.165, 1.54) is 18.9 Å². The third-order valence-electron chi connectivity index (χ3n) is 4.26. The van der Waals surface area contributed by atoms with Crippen molar-refractivity contribution in [2.24, 2.45) is 5.41 Å². The maximum atomic E-state index is 13.5. The number of nitrogens with zero attached hydrogens (tertiary/aromatic N) is 2.